The fraction of sp³-hybridized carbons (Fsp3) is 0.636. The Balaban J connectivity index is 2.49. The van der Waals surface area contributed by atoms with Gasteiger partial charge in [-0.3, -0.25) is 19.2 Å². The van der Waals surface area contributed by atoms with Gasteiger partial charge in [0.15, 0.2) is 24.3 Å². The second kappa shape index (κ2) is 11.4. The highest BCUT2D eigenvalue weighted by Gasteiger charge is 2.53. The topological polar surface area (TPSA) is 153 Å². The summed E-state index contributed by atoms with van der Waals surface area (Å²) < 4.78 is 38.4. The Morgan fingerprint density at radius 2 is 1.56 bits per heavy atom. The van der Waals surface area contributed by atoms with Crippen LogP contribution in [0.4, 0.5) is 0 Å². The predicted molar refractivity (Wildman–Crippen MR) is 111 cm³/mol. The minimum absolute atomic E-state index is 0.0818. The van der Waals surface area contributed by atoms with Gasteiger partial charge in [-0.1, -0.05) is 0 Å². The summed E-state index contributed by atoms with van der Waals surface area (Å²) in [5.74, 6) is -2.63. The number of hydrogen-bond acceptors (Lipinski definition) is 12. The molecule has 12 heteroatoms. The Labute approximate surface area is 196 Å². The molecular formula is C22H30O12. The number of aliphatic hydroxyl groups is 1. The van der Waals surface area contributed by atoms with Gasteiger partial charge < -0.3 is 38.3 Å². The fourth-order valence-corrected chi connectivity index (χ4v) is 3.43. The van der Waals surface area contributed by atoms with Crippen LogP contribution < -0.4 is 0 Å². The molecule has 190 valence electrons. The number of rotatable bonds is 8. The molecule has 2 rings (SSSR count). The summed E-state index contributed by atoms with van der Waals surface area (Å²) >= 11 is 0. The van der Waals surface area contributed by atoms with E-state index in [9.17, 15) is 24.3 Å². The predicted octanol–water partition coefficient (Wildman–Crippen LogP) is 1.00. The third-order valence-electron chi connectivity index (χ3n) is 4.68. The van der Waals surface area contributed by atoms with Gasteiger partial charge in [0, 0.05) is 20.8 Å². The van der Waals surface area contributed by atoms with Gasteiger partial charge in [-0.15, -0.1) is 0 Å². The molecule has 0 spiro atoms. The smallest absolute Gasteiger partial charge is 0.303 e. The molecule has 0 amide bonds. The van der Waals surface area contributed by atoms with E-state index in [4.69, 9.17) is 33.2 Å². The van der Waals surface area contributed by atoms with Crippen LogP contribution in [-0.4, -0.2) is 72.4 Å². The van der Waals surface area contributed by atoms with Gasteiger partial charge in [0.2, 0.25) is 12.0 Å². The summed E-state index contributed by atoms with van der Waals surface area (Å²) in [6.45, 7) is 9.22. The number of ketones is 1. The molecule has 6 atom stereocenters. The monoisotopic (exact) mass is 486 g/mol. The van der Waals surface area contributed by atoms with Crippen LogP contribution in [0.3, 0.4) is 0 Å². The molecule has 0 bridgehead atoms. The number of ether oxygens (including phenoxy) is 7. The van der Waals surface area contributed by atoms with Crippen LogP contribution in [0.5, 0.6) is 0 Å². The maximum absolute atomic E-state index is 12.8. The van der Waals surface area contributed by atoms with Gasteiger partial charge in [0.05, 0.1) is 0 Å². The molecular weight excluding hydrogens is 456 g/mol. The van der Waals surface area contributed by atoms with Crippen molar-refractivity contribution in [2.24, 2.45) is 0 Å². The van der Waals surface area contributed by atoms with Crippen LogP contribution in [0.25, 0.3) is 0 Å². The molecule has 0 aromatic carbocycles. The number of carbonyl (C=O) groups excluding carboxylic acids is 4. The van der Waals surface area contributed by atoms with Crippen molar-refractivity contribution < 1.29 is 57.4 Å². The van der Waals surface area contributed by atoms with E-state index in [0.717, 1.165) is 13.8 Å². The van der Waals surface area contributed by atoms with Gasteiger partial charge in [-0.05, 0) is 33.3 Å². The Bertz CT molecular complexity index is 882. The van der Waals surface area contributed by atoms with Crippen molar-refractivity contribution in [2.45, 2.75) is 85.5 Å². The molecule has 0 radical (unpaired) electrons. The lowest BCUT2D eigenvalue weighted by atomic mass is 9.98. The Morgan fingerprint density at radius 3 is 2.03 bits per heavy atom. The summed E-state index contributed by atoms with van der Waals surface area (Å²) in [4.78, 5) is 47.9. The first-order valence-corrected chi connectivity index (χ1v) is 10.6. The Morgan fingerprint density at radius 1 is 0.971 bits per heavy atom. The number of hydrogen-bond donors (Lipinski definition) is 1. The molecule has 1 saturated heterocycles. The fourth-order valence-electron chi connectivity index (χ4n) is 3.43. The lowest BCUT2D eigenvalue weighted by Gasteiger charge is -2.44. The number of carbonyl (C=O) groups is 4. The van der Waals surface area contributed by atoms with Crippen molar-refractivity contribution >= 4 is 23.7 Å². The van der Waals surface area contributed by atoms with E-state index in [-0.39, 0.29) is 23.9 Å². The third kappa shape index (κ3) is 6.78. The molecule has 34 heavy (non-hydrogen) atoms. The highest BCUT2D eigenvalue weighted by Crippen LogP contribution is 2.34. The summed E-state index contributed by atoms with van der Waals surface area (Å²) in [6.07, 6.45) is -8.00. The van der Waals surface area contributed by atoms with E-state index in [2.05, 4.69) is 0 Å². The number of aliphatic hydroxyl groups excluding tert-OH is 1. The first-order valence-electron chi connectivity index (χ1n) is 10.6. The van der Waals surface area contributed by atoms with Crippen molar-refractivity contribution in [2.75, 3.05) is 6.61 Å². The van der Waals surface area contributed by atoms with Crippen molar-refractivity contribution in [1.29, 1.82) is 0 Å². The molecule has 0 aromatic rings. The van der Waals surface area contributed by atoms with Gasteiger partial charge in [0.1, 0.15) is 24.6 Å². The SMILES string of the molecule is CC(=O)OC[C@H]1O[C@@H](OC2=C(C)OC(=C(C)C)C2=O)[C@H](OC(C)=O)[C@@H](OC(C)O)[C@H]1OC(C)=O. The molecule has 0 saturated carbocycles. The third-order valence-corrected chi connectivity index (χ3v) is 4.68. The highest BCUT2D eigenvalue weighted by atomic mass is 16.7. The van der Waals surface area contributed by atoms with Crippen LogP contribution in [0.1, 0.15) is 48.5 Å². The second-order valence-electron chi connectivity index (χ2n) is 7.96. The molecule has 2 aliphatic rings. The summed E-state index contributed by atoms with van der Waals surface area (Å²) in [5.41, 5.74) is 0.613. The molecule has 12 nitrogen and oxygen atoms in total. The quantitative estimate of drug-likeness (QED) is 0.225. The number of allylic oxidation sites excluding steroid dienone is 2. The van der Waals surface area contributed by atoms with E-state index in [1.54, 1.807) is 13.8 Å². The van der Waals surface area contributed by atoms with E-state index in [0.29, 0.717) is 5.57 Å². The number of esters is 3. The van der Waals surface area contributed by atoms with Crippen molar-refractivity contribution in [3.05, 3.63) is 22.9 Å². The van der Waals surface area contributed by atoms with Crippen molar-refractivity contribution in [1.82, 2.24) is 0 Å². The average molecular weight is 486 g/mol. The van der Waals surface area contributed by atoms with Crippen LogP contribution in [0.2, 0.25) is 0 Å². The molecule has 1 unspecified atom stereocenters. The zero-order chi connectivity index (χ0) is 25.7. The molecule has 1 fully saturated rings. The lowest BCUT2D eigenvalue weighted by Crippen LogP contribution is -2.63. The van der Waals surface area contributed by atoms with E-state index in [1.165, 1.54) is 20.8 Å². The maximum Gasteiger partial charge on any atom is 0.303 e. The van der Waals surface area contributed by atoms with Crippen LogP contribution in [0, 0.1) is 0 Å². The summed E-state index contributed by atoms with van der Waals surface area (Å²) in [6, 6.07) is 0. The molecule has 0 aliphatic carbocycles. The number of Topliss-reactive ketones (excluding diaryl/α,β-unsaturated/α-hetero) is 1. The summed E-state index contributed by atoms with van der Waals surface area (Å²) in [7, 11) is 0. The van der Waals surface area contributed by atoms with Gasteiger partial charge in [-0.2, -0.15) is 0 Å². The maximum atomic E-state index is 12.8. The second-order valence-corrected chi connectivity index (χ2v) is 7.96. The Kier molecular flexibility index (Phi) is 9.19. The minimum Gasteiger partial charge on any atom is -0.463 e. The van der Waals surface area contributed by atoms with Crippen LogP contribution in [-0.2, 0) is 52.3 Å². The molecule has 1 N–H and O–H groups in total. The first kappa shape index (κ1) is 27.3. The zero-order valence-corrected chi connectivity index (χ0v) is 20.1. The Hall–Kier alpha value is -2.96. The van der Waals surface area contributed by atoms with Crippen molar-refractivity contribution in [3.63, 3.8) is 0 Å². The van der Waals surface area contributed by atoms with E-state index >= 15 is 0 Å². The highest BCUT2D eigenvalue weighted by molar-refractivity contribution is 6.08. The zero-order valence-electron chi connectivity index (χ0n) is 20.1. The van der Waals surface area contributed by atoms with E-state index in [1.807, 2.05) is 0 Å². The molecule has 0 aromatic heterocycles. The average Bonchev–Trinajstić information content (AvgIpc) is 2.98. The first-order chi connectivity index (χ1) is 15.8. The largest absolute Gasteiger partial charge is 0.463 e. The summed E-state index contributed by atoms with van der Waals surface area (Å²) in [5, 5.41) is 9.90. The van der Waals surface area contributed by atoms with Gasteiger partial charge >= 0.3 is 17.9 Å². The van der Waals surface area contributed by atoms with Gasteiger partial charge in [0.25, 0.3) is 5.78 Å². The molecule has 2 aliphatic heterocycles. The molecule has 2 heterocycles. The van der Waals surface area contributed by atoms with E-state index < -0.39 is 60.7 Å². The minimum atomic E-state index is -1.48. The van der Waals surface area contributed by atoms with Crippen molar-refractivity contribution in [3.8, 4) is 0 Å². The van der Waals surface area contributed by atoms with Crippen LogP contribution >= 0.6 is 0 Å². The normalized spacial score (nSPS) is 27.6. The standard InChI is InChI=1S/C22H30O12/c1-9(2)17-16(27)18(10(3)29-17)34-22-21(32-14(7)26)20(31-13(6)25)19(30-12(5)24)15(33-22)8-28-11(4)23/h13,15,19-22,25H,8H2,1-7H3/t13?,15-,19+,20+,21-,22+/m1/s1. The lowest BCUT2D eigenvalue weighted by molar-refractivity contribution is -0.318. The van der Waals surface area contributed by atoms with Crippen LogP contribution in [0.15, 0.2) is 22.9 Å². The van der Waals surface area contributed by atoms with Gasteiger partial charge in [-0.25, -0.2) is 0 Å².